The van der Waals surface area contributed by atoms with Crippen LogP contribution in [0.4, 0.5) is 17.1 Å². The van der Waals surface area contributed by atoms with Crippen LogP contribution >= 0.6 is 11.8 Å². The minimum absolute atomic E-state index is 0.807. The van der Waals surface area contributed by atoms with Crippen molar-refractivity contribution in [2.75, 3.05) is 17.3 Å². The molecule has 3 heteroatoms. The first-order chi connectivity index (χ1) is 8.20. The van der Waals surface area contributed by atoms with Crippen molar-refractivity contribution in [1.82, 2.24) is 0 Å². The van der Waals surface area contributed by atoms with Gasteiger partial charge in [-0.3, -0.25) is 0 Å². The van der Waals surface area contributed by atoms with E-state index in [1.165, 1.54) is 4.90 Å². The van der Waals surface area contributed by atoms with E-state index in [-0.39, 0.29) is 0 Å². The molecule has 17 heavy (non-hydrogen) atoms. The lowest BCUT2D eigenvalue weighted by atomic mass is 10.1. The maximum atomic E-state index is 6.03. The lowest BCUT2D eigenvalue weighted by molar-refractivity contribution is 1.42. The van der Waals surface area contributed by atoms with Crippen LogP contribution in [0.25, 0.3) is 0 Å². The predicted molar refractivity (Wildman–Crippen MR) is 77.1 cm³/mol. The molecule has 0 saturated carbocycles. The van der Waals surface area contributed by atoms with Gasteiger partial charge in [0.25, 0.3) is 0 Å². The van der Waals surface area contributed by atoms with Crippen molar-refractivity contribution < 1.29 is 0 Å². The molecule has 88 valence electrons. The molecule has 0 fully saturated rings. The van der Waals surface area contributed by atoms with E-state index in [0.717, 1.165) is 22.6 Å². The van der Waals surface area contributed by atoms with Gasteiger partial charge in [0.05, 0.1) is 11.4 Å². The van der Waals surface area contributed by atoms with Crippen molar-refractivity contribution in [3.05, 3.63) is 48.0 Å². The highest BCUT2D eigenvalue weighted by Crippen LogP contribution is 2.27. The summed E-state index contributed by atoms with van der Waals surface area (Å²) in [4.78, 5) is 1.24. The molecule has 2 rings (SSSR count). The van der Waals surface area contributed by atoms with Crippen LogP contribution in [0.5, 0.6) is 0 Å². The molecule has 0 aliphatic carbocycles. The molecule has 0 bridgehead atoms. The van der Waals surface area contributed by atoms with Gasteiger partial charge in [-0.05, 0) is 43.0 Å². The van der Waals surface area contributed by atoms with Crippen LogP contribution in [0, 0.1) is 6.92 Å². The molecule has 0 unspecified atom stereocenters. The topological polar surface area (TPSA) is 38.0 Å². The number of hydrogen-bond acceptors (Lipinski definition) is 3. The highest BCUT2D eigenvalue weighted by Gasteiger charge is 2.02. The van der Waals surface area contributed by atoms with Crippen LogP contribution < -0.4 is 11.1 Å². The maximum absolute atomic E-state index is 6.03. The number of anilines is 3. The fourth-order valence-electron chi connectivity index (χ4n) is 1.65. The summed E-state index contributed by atoms with van der Waals surface area (Å²) < 4.78 is 0. The zero-order chi connectivity index (χ0) is 12.3. The normalized spacial score (nSPS) is 10.2. The number of rotatable bonds is 3. The number of hydrogen-bond donors (Lipinski definition) is 2. The van der Waals surface area contributed by atoms with Crippen molar-refractivity contribution >= 4 is 28.8 Å². The van der Waals surface area contributed by atoms with Crippen LogP contribution in [0.1, 0.15) is 5.56 Å². The molecule has 2 aromatic rings. The van der Waals surface area contributed by atoms with Gasteiger partial charge in [-0.25, -0.2) is 0 Å². The fourth-order valence-corrected chi connectivity index (χ4v) is 2.11. The minimum atomic E-state index is 0.807. The fraction of sp³-hybridized carbons (Fsp3) is 0.143. The molecule has 3 N–H and O–H groups in total. The second-order valence-electron chi connectivity index (χ2n) is 3.89. The first kappa shape index (κ1) is 11.9. The number of nitrogen functional groups attached to an aromatic ring is 1. The van der Waals surface area contributed by atoms with Crippen molar-refractivity contribution in [2.45, 2.75) is 11.8 Å². The molecule has 0 radical (unpaired) electrons. The quantitative estimate of drug-likeness (QED) is 0.632. The Morgan fingerprint density at radius 3 is 2.65 bits per heavy atom. The number of thioether (sulfide) groups is 1. The Balaban J connectivity index is 2.28. The van der Waals surface area contributed by atoms with Gasteiger partial charge in [-0.1, -0.05) is 18.2 Å². The van der Waals surface area contributed by atoms with Gasteiger partial charge in [-0.15, -0.1) is 11.8 Å². The third-order valence-electron chi connectivity index (χ3n) is 2.67. The van der Waals surface area contributed by atoms with E-state index in [2.05, 4.69) is 23.7 Å². The van der Waals surface area contributed by atoms with Crippen molar-refractivity contribution in [3.8, 4) is 0 Å². The van der Waals surface area contributed by atoms with Gasteiger partial charge in [0, 0.05) is 10.6 Å². The molecule has 0 aromatic heterocycles. The second-order valence-corrected chi connectivity index (χ2v) is 4.77. The third-order valence-corrected chi connectivity index (χ3v) is 3.40. The van der Waals surface area contributed by atoms with Crippen LogP contribution in [-0.2, 0) is 0 Å². The molecular weight excluding hydrogens is 228 g/mol. The van der Waals surface area contributed by atoms with Crippen LogP contribution in [0.2, 0.25) is 0 Å². The van der Waals surface area contributed by atoms with Gasteiger partial charge >= 0.3 is 0 Å². The molecule has 0 spiro atoms. The smallest absolute Gasteiger partial charge is 0.0620 e. The van der Waals surface area contributed by atoms with Crippen LogP contribution in [0.15, 0.2) is 47.4 Å². The molecular formula is C14H16N2S. The van der Waals surface area contributed by atoms with Crippen LogP contribution in [-0.4, -0.2) is 6.26 Å². The molecule has 0 aliphatic heterocycles. The van der Waals surface area contributed by atoms with Crippen molar-refractivity contribution in [1.29, 1.82) is 0 Å². The van der Waals surface area contributed by atoms with E-state index in [4.69, 9.17) is 5.73 Å². The summed E-state index contributed by atoms with van der Waals surface area (Å²) in [5, 5.41) is 3.35. The lowest BCUT2D eigenvalue weighted by Gasteiger charge is -2.11. The number of aryl methyl sites for hydroxylation is 1. The lowest BCUT2D eigenvalue weighted by Crippen LogP contribution is -1.98. The Morgan fingerprint density at radius 1 is 1.12 bits per heavy atom. The SMILES string of the molecule is CSc1cccc(Nc2cccc(C)c2N)c1. The van der Waals surface area contributed by atoms with E-state index in [0.29, 0.717) is 0 Å². The molecule has 2 aromatic carbocycles. The molecule has 0 saturated heterocycles. The Kier molecular flexibility index (Phi) is 3.59. The van der Waals surface area contributed by atoms with Gasteiger partial charge in [0.1, 0.15) is 0 Å². The standard InChI is InChI=1S/C14H16N2S/c1-10-5-3-8-13(14(10)15)16-11-6-4-7-12(9-11)17-2/h3-9,16H,15H2,1-2H3. The third kappa shape index (κ3) is 2.74. The number of nitrogens with one attached hydrogen (secondary N) is 1. The van der Waals surface area contributed by atoms with Gasteiger partial charge in [-0.2, -0.15) is 0 Å². The second kappa shape index (κ2) is 5.15. The summed E-state index contributed by atoms with van der Waals surface area (Å²) in [6.45, 7) is 2.01. The summed E-state index contributed by atoms with van der Waals surface area (Å²) >= 11 is 1.73. The largest absolute Gasteiger partial charge is 0.397 e. The van der Waals surface area contributed by atoms with Crippen LogP contribution in [0.3, 0.4) is 0 Å². The molecule has 0 heterocycles. The average molecular weight is 244 g/mol. The summed E-state index contributed by atoms with van der Waals surface area (Å²) in [6, 6.07) is 14.3. The highest BCUT2D eigenvalue weighted by molar-refractivity contribution is 7.98. The first-order valence-corrected chi connectivity index (χ1v) is 6.69. The zero-order valence-electron chi connectivity index (χ0n) is 10.0. The summed E-state index contributed by atoms with van der Waals surface area (Å²) in [5.41, 5.74) is 9.96. The Labute approximate surface area is 106 Å². The molecule has 2 nitrogen and oxygen atoms in total. The minimum Gasteiger partial charge on any atom is -0.397 e. The van der Waals surface area contributed by atoms with E-state index in [1.807, 2.05) is 37.3 Å². The average Bonchev–Trinajstić information content (AvgIpc) is 2.35. The van der Waals surface area contributed by atoms with E-state index < -0.39 is 0 Å². The molecule has 0 aliphatic rings. The number of para-hydroxylation sites is 1. The van der Waals surface area contributed by atoms with Crippen molar-refractivity contribution in [3.63, 3.8) is 0 Å². The predicted octanol–water partition coefficient (Wildman–Crippen LogP) is 4.04. The van der Waals surface area contributed by atoms with E-state index in [1.54, 1.807) is 11.8 Å². The van der Waals surface area contributed by atoms with E-state index in [9.17, 15) is 0 Å². The van der Waals surface area contributed by atoms with E-state index >= 15 is 0 Å². The Bertz CT molecular complexity index is 523. The zero-order valence-corrected chi connectivity index (χ0v) is 10.8. The summed E-state index contributed by atoms with van der Waals surface area (Å²) in [7, 11) is 0. The molecule has 0 atom stereocenters. The molecule has 0 amide bonds. The number of benzene rings is 2. The summed E-state index contributed by atoms with van der Waals surface area (Å²) in [6.07, 6.45) is 2.07. The highest BCUT2D eigenvalue weighted by atomic mass is 32.2. The van der Waals surface area contributed by atoms with Gasteiger partial charge < -0.3 is 11.1 Å². The monoisotopic (exact) mass is 244 g/mol. The van der Waals surface area contributed by atoms with Gasteiger partial charge in [0.2, 0.25) is 0 Å². The van der Waals surface area contributed by atoms with Crippen molar-refractivity contribution in [2.24, 2.45) is 0 Å². The summed E-state index contributed by atoms with van der Waals surface area (Å²) in [5.74, 6) is 0. The Morgan fingerprint density at radius 2 is 1.88 bits per heavy atom. The maximum Gasteiger partial charge on any atom is 0.0620 e. The number of nitrogens with two attached hydrogens (primary N) is 1. The first-order valence-electron chi connectivity index (χ1n) is 5.47. The van der Waals surface area contributed by atoms with Gasteiger partial charge in [0.15, 0.2) is 0 Å². The Hall–Kier alpha value is -1.61.